The minimum absolute atomic E-state index is 0.175. The van der Waals surface area contributed by atoms with Crippen molar-refractivity contribution in [3.63, 3.8) is 0 Å². The molecule has 2 amide bonds. The van der Waals surface area contributed by atoms with Gasteiger partial charge in [0.05, 0.1) is 0 Å². The standard InChI is InChI=1S/C12H14N8O2/c13-19-17-7-5-15-11(21)9-1-2-10(4-3-9)12(22)16-6-8-18-20-14/h1-4H,5-8H2,(H,15,21)(H,16,22). The molecule has 22 heavy (non-hydrogen) atoms. The smallest absolute Gasteiger partial charge is 0.251 e. The number of carbonyl (C=O) groups excluding carboxylic acids is 2. The van der Waals surface area contributed by atoms with Crippen LogP contribution in [0, 0.1) is 0 Å². The Morgan fingerprint density at radius 3 is 1.55 bits per heavy atom. The van der Waals surface area contributed by atoms with Crippen LogP contribution in [0.1, 0.15) is 20.7 Å². The number of benzene rings is 1. The highest BCUT2D eigenvalue weighted by molar-refractivity contribution is 5.97. The van der Waals surface area contributed by atoms with E-state index in [2.05, 4.69) is 30.7 Å². The molecule has 0 saturated carbocycles. The Kier molecular flexibility index (Phi) is 7.38. The SMILES string of the molecule is [N-]=[N+]=NCCNC(=O)c1ccc(C(=O)NCCN=[N+]=[N-])cc1. The first kappa shape index (κ1) is 16.8. The second-order valence-corrected chi connectivity index (χ2v) is 4.00. The van der Waals surface area contributed by atoms with Gasteiger partial charge in [-0.25, -0.2) is 0 Å². The summed E-state index contributed by atoms with van der Waals surface area (Å²) in [6.45, 7) is 0.830. The fraction of sp³-hybridized carbons (Fsp3) is 0.333. The monoisotopic (exact) mass is 302 g/mol. The molecule has 0 aliphatic rings. The molecule has 0 aromatic heterocycles. The Morgan fingerprint density at radius 1 is 0.864 bits per heavy atom. The molecular formula is C12H14N8O2. The fourth-order valence-electron chi connectivity index (χ4n) is 1.51. The van der Waals surface area contributed by atoms with Crippen LogP contribution in [0.4, 0.5) is 0 Å². The summed E-state index contributed by atoms with van der Waals surface area (Å²) in [7, 11) is 0. The van der Waals surface area contributed by atoms with E-state index in [0.29, 0.717) is 11.1 Å². The number of nitrogens with one attached hydrogen (secondary N) is 2. The average Bonchev–Trinajstić information content (AvgIpc) is 2.55. The van der Waals surface area contributed by atoms with Gasteiger partial charge in [-0.15, -0.1) is 0 Å². The summed E-state index contributed by atoms with van der Waals surface area (Å²) in [6.07, 6.45) is 0. The Labute approximate surface area is 125 Å². The summed E-state index contributed by atoms with van der Waals surface area (Å²) >= 11 is 0. The third kappa shape index (κ3) is 5.83. The molecule has 0 aliphatic heterocycles. The molecule has 1 aromatic carbocycles. The largest absolute Gasteiger partial charge is 0.352 e. The van der Waals surface area contributed by atoms with Crippen molar-refractivity contribution in [3.05, 3.63) is 56.3 Å². The van der Waals surface area contributed by atoms with Gasteiger partial charge in [-0.3, -0.25) is 9.59 Å². The Hall–Kier alpha value is -3.22. The lowest BCUT2D eigenvalue weighted by Crippen LogP contribution is -2.27. The normalized spacial score (nSPS) is 9.09. The molecule has 0 bridgehead atoms. The number of amides is 2. The maximum absolute atomic E-state index is 11.7. The molecule has 0 saturated heterocycles. The van der Waals surface area contributed by atoms with Gasteiger partial charge < -0.3 is 10.6 Å². The van der Waals surface area contributed by atoms with Crippen LogP contribution in [-0.4, -0.2) is 38.0 Å². The van der Waals surface area contributed by atoms with Gasteiger partial charge in [-0.2, -0.15) is 0 Å². The van der Waals surface area contributed by atoms with E-state index in [9.17, 15) is 9.59 Å². The van der Waals surface area contributed by atoms with Crippen LogP contribution >= 0.6 is 0 Å². The summed E-state index contributed by atoms with van der Waals surface area (Å²) in [4.78, 5) is 28.6. The van der Waals surface area contributed by atoms with Gasteiger partial charge in [-0.05, 0) is 35.3 Å². The van der Waals surface area contributed by atoms with Crippen LogP contribution in [0.5, 0.6) is 0 Å². The zero-order valence-electron chi connectivity index (χ0n) is 11.6. The topological polar surface area (TPSA) is 156 Å². The molecular weight excluding hydrogens is 288 g/mol. The molecule has 0 radical (unpaired) electrons. The van der Waals surface area contributed by atoms with Crippen molar-refractivity contribution in [3.8, 4) is 0 Å². The second kappa shape index (κ2) is 9.65. The van der Waals surface area contributed by atoms with Crippen molar-refractivity contribution in [2.24, 2.45) is 10.2 Å². The van der Waals surface area contributed by atoms with Crippen LogP contribution in [0.3, 0.4) is 0 Å². The predicted octanol–water partition coefficient (Wildman–Crippen LogP) is 1.77. The fourth-order valence-corrected chi connectivity index (χ4v) is 1.51. The molecule has 0 atom stereocenters. The second-order valence-electron chi connectivity index (χ2n) is 4.00. The molecule has 1 rings (SSSR count). The number of hydrogen-bond donors (Lipinski definition) is 2. The van der Waals surface area contributed by atoms with Crippen molar-refractivity contribution < 1.29 is 9.59 Å². The van der Waals surface area contributed by atoms with Crippen molar-refractivity contribution in [1.29, 1.82) is 0 Å². The van der Waals surface area contributed by atoms with Crippen molar-refractivity contribution in [1.82, 2.24) is 10.6 Å². The average molecular weight is 302 g/mol. The van der Waals surface area contributed by atoms with Crippen LogP contribution in [0.15, 0.2) is 34.5 Å². The highest BCUT2D eigenvalue weighted by Gasteiger charge is 2.08. The van der Waals surface area contributed by atoms with E-state index in [-0.39, 0.29) is 38.0 Å². The van der Waals surface area contributed by atoms with E-state index in [4.69, 9.17) is 11.1 Å². The van der Waals surface area contributed by atoms with Crippen molar-refractivity contribution in [2.45, 2.75) is 0 Å². The maximum Gasteiger partial charge on any atom is 0.251 e. The van der Waals surface area contributed by atoms with E-state index < -0.39 is 0 Å². The highest BCUT2D eigenvalue weighted by atomic mass is 16.2. The maximum atomic E-state index is 11.7. The number of hydrogen-bond acceptors (Lipinski definition) is 4. The van der Waals surface area contributed by atoms with E-state index in [1.54, 1.807) is 0 Å². The zero-order chi connectivity index (χ0) is 16.2. The summed E-state index contributed by atoms with van der Waals surface area (Å²) in [5.41, 5.74) is 17.0. The van der Waals surface area contributed by atoms with Crippen LogP contribution in [-0.2, 0) is 0 Å². The van der Waals surface area contributed by atoms with Crippen molar-refractivity contribution in [2.75, 3.05) is 26.2 Å². The van der Waals surface area contributed by atoms with Crippen LogP contribution in [0.25, 0.3) is 20.9 Å². The molecule has 10 nitrogen and oxygen atoms in total. The molecule has 2 N–H and O–H groups in total. The minimum Gasteiger partial charge on any atom is -0.352 e. The lowest BCUT2D eigenvalue weighted by atomic mass is 10.1. The first-order valence-corrected chi connectivity index (χ1v) is 6.37. The van der Waals surface area contributed by atoms with Gasteiger partial charge in [-0.1, -0.05) is 10.2 Å². The number of rotatable bonds is 8. The molecule has 0 heterocycles. The quantitative estimate of drug-likeness (QED) is 0.325. The summed E-state index contributed by atoms with van der Waals surface area (Å²) in [6, 6.07) is 6.08. The third-order valence-corrected chi connectivity index (χ3v) is 2.53. The highest BCUT2D eigenvalue weighted by Crippen LogP contribution is 2.04. The Bertz CT molecular complexity index is 560. The van der Waals surface area contributed by atoms with Crippen LogP contribution < -0.4 is 10.6 Å². The number of carbonyl (C=O) groups is 2. The van der Waals surface area contributed by atoms with E-state index >= 15 is 0 Å². The minimum atomic E-state index is -0.316. The third-order valence-electron chi connectivity index (χ3n) is 2.53. The lowest BCUT2D eigenvalue weighted by Gasteiger charge is -2.05. The number of nitrogens with zero attached hydrogens (tertiary/aromatic N) is 6. The van der Waals surface area contributed by atoms with Gasteiger partial charge in [0.25, 0.3) is 11.8 Å². The Balaban J connectivity index is 2.50. The predicted molar refractivity (Wildman–Crippen MR) is 79.1 cm³/mol. The van der Waals surface area contributed by atoms with E-state index in [1.807, 2.05) is 0 Å². The molecule has 114 valence electrons. The molecule has 0 aliphatic carbocycles. The first-order chi connectivity index (χ1) is 10.7. The van der Waals surface area contributed by atoms with Crippen LogP contribution in [0.2, 0.25) is 0 Å². The summed E-state index contributed by atoms with van der Waals surface area (Å²) < 4.78 is 0. The Morgan fingerprint density at radius 2 is 1.23 bits per heavy atom. The van der Waals surface area contributed by atoms with Crippen molar-refractivity contribution >= 4 is 11.8 Å². The van der Waals surface area contributed by atoms with Gasteiger partial charge in [0, 0.05) is 47.1 Å². The van der Waals surface area contributed by atoms with E-state index in [0.717, 1.165) is 0 Å². The zero-order valence-corrected chi connectivity index (χ0v) is 11.6. The van der Waals surface area contributed by atoms with Gasteiger partial charge in [0.2, 0.25) is 0 Å². The molecule has 10 heteroatoms. The molecule has 1 aromatic rings. The summed E-state index contributed by atoms with van der Waals surface area (Å²) in [5.74, 6) is -0.632. The van der Waals surface area contributed by atoms with E-state index in [1.165, 1.54) is 24.3 Å². The number of azide groups is 2. The molecule has 0 spiro atoms. The van der Waals surface area contributed by atoms with Gasteiger partial charge in [0.15, 0.2) is 0 Å². The lowest BCUT2D eigenvalue weighted by molar-refractivity contribution is 0.0943. The summed E-state index contributed by atoms with van der Waals surface area (Å²) in [5, 5.41) is 11.8. The molecule has 0 fully saturated rings. The molecule has 0 unspecified atom stereocenters. The van der Waals surface area contributed by atoms with Gasteiger partial charge in [0.1, 0.15) is 0 Å². The van der Waals surface area contributed by atoms with Gasteiger partial charge >= 0.3 is 0 Å². The first-order valence-electron chi connectivity index (χ1n) is 6.37.